The lowest BCUT2D eigenvalue weighted by atomic mass is 9.92. The van der Waals surface area contributed by atoms with E-state index >= 15 is 0 Å². The Hall–Kier alpha value is -2.26. The second kappa shape index (κ2) is 7.37. The molecule has 3 saturated heterocycles. The van der Waals surface area contributed by atoms with Crippen LogP contribution in [-0.4, -0.2) is 65.1 Å². The fourth-order valence-corrected chi connectivity index (χ4v) is 7.29. The van der Waals surface area contributed by atoms with E-state index < -0.39 is 33.5 Å². The van der Waals surface area contributed by atoms with Gasteiger partial charge in [0.25, 0.3) is 0 Å². The van der Waals surface area contributed by atoms with Crippen molar-refractivity contribution >= 4 is 15.9 Å². The average Bonchev–Trinajstić information content (AvgIpc) is 3.19. The third-order valence-electron chi connectivity index (χ3n) is 7.19. The third-order valence-corrected chi connectivity index (χ3v) is 9.02. The van der Waals surface area contributed by atoms with Crippen LogP contribution in [-0.2, 0) is 19.6 Å². The molecule has 1 amide bonds. The first-order chi connectivity index (χ1) is 15.4. The van der Waals surface area contributed by atoms with E-state index in [2.05, 4.69) is 4.90 Å². The number of hydrogen-bond acceptors (Lipinski definition) is 5. The number of hydrogen-bond donors (Lipinski definition) is 0. The van der Waals surface area contributed by atoms with Crippen molar-refractivity contribution in [1.82, 2.24) is 14.1 Å². The number of rotatable bonds is 4. The zero-order valence-electron chi connectivity index (χ0n) is 19.7. The van der Waals surface area contributed by atoms with Crippen molar-refractivity contribution in [2.24, 2.45) is 0 Å². The topological polar surface area (TPSA) is 70.2 Å². The minimum absolute atomic E-state index is 0.0499. The molecule has 3 fully saturated rings. The molecule has 0 aromatic heterocycles. The van der Waals surface area contributed by atoms with Crippen LogP contribution >= 0.6 is 0 Å². The summed E-state index contributed by atoms with van der Waals surface area (Å²) in [4.78, 5) is 17.6. The highest BCUT2D eigenvalue weighted by molar-refractivity contribution is 7.89. The maximum Gasteiger partial charge on any atom is 0.245 e. The molecule has 0 N–H and O–H groups in total. The van der Waals surface area contributed by atoms with Crippen LogP contribution in [0.1, 0.15) is 44.9 Å². The van der Waals surface area contributed by atoms with E-state index in [0.717, 1.165) is 11.1 Å². The van der Waals surface area contributed by atoms with Gasteiger partial charge in [0.2, 0.25) is 15.9 Å². The van der Waals surface area contributed by atoms with Gasteiger partial charge in [-0.3, -0.25) is 9.69 Å². The summed E-state index contributed by atoms with van der Waals surface area (Å²) in [5.41, 5.74) is 0.747. The summed E-state index contributed by atoms with van der Waals surface area (Å²) in [5.74, 6) is -0.0499. The fraction of sp³-hybridized carbons (Fsp3) is 0.480. The number of sulfonamides is 1. The fourth-order valence-electron chi connectivity index (χ4n) is 5.56. The van der Waals surface area contributed by atoms with Crippen LogP contribution in [0.3, 0.4) is 0 Å². The van der Waals surface area contributed by atoms with E-state index in [4.69, 9.17) is 4.74 Å². The molecule has 0 bridgehead atoms. The van der Waals surface area contributed by atoms with Crippen molar-refractivity contribution < 1.29 is 17.9 Å². The number of aryl methyl sites for hydroxylation is 1. The minimum atomic E-state index is -3.79. The predicted molar refractivity (Wildman–Crippen MR) is 125 cm³/mol. The molecule has 2 aromatic carbocycles. The number of nitrogens with zero attached hydrogens (tertiary/aromatic N) is 3. The Morgan fingerprint density at radius 1 is 0.970 bits per heavy atom. The van der Waals surface area contributed by atoms with Gasteiger partial charge in [0.15, 0.2) is 0 Å². The first kappa shape index (κ1) is 22.5. The Morgan fingerprint density at radius 3 is 2.24 bits per heavy atom. The molecule has 8 heteroatoms. The number of carbonyl (C=O) groups is 1. The lowest BCUT2D eigenvalue weighted by molar-refractivity contribution is -0.182. The Kier molecular flexibility index (Phi) is 5.03. The molecule has 2 aromatic rings. The molecule has 3 atom stereocenters. The van der Waals surface area contributed by atoms with Gasteiger partial charge in [0, 0.05) is 6.54 Å². The van der Waals surface area contributed by atoms with E-state index in [9.17, 15) is 13.2 Å². The summed E-state index contributed by atoms with van der Waals surface area (Å²) >= 11 is 0. The van der Waals surface area contributed by atoms with Gasteiger partial charge in [-0.1, -0.05) is 48.0 Å². The maximum absolute atomic E-state index is 13.7. The Labute approximate surface area is 196 Å². The number of carbonyl (C=O) groups excluding carboxylic acids is 1. The van der Waals surface area contributed by atoms with Gasteiger partial charge in [-0.25, -0.2) is 8.42 Å². The monoisotopic (exact) mass is 469 g/mol. The van der Waals surface area contributed by atoms with Crippen molar-refractivity contribution in [2.45, 2.75) is 69.0 Å². The van der Waals surface area contributed by atoms with Crippen LogP contribution in [0.25, 0.3) is 0 Å². The number of amides is 1. The minimum Gasteiger partial charge on any atom is -0.359 e. The van der Waals surface area contributed by atoms with Crippen LogP contribution in [0.15, 0.2) is 59.5 Å². The molecular weight excluding hydrogens is 438 g/mol. The molecule has 3 aliphatic heterocycles. The first-order valence-electron chi connectivity index (χ1n) is 11.3. The zero-order valence-corrected chi connectivity index (χ0v) is 20.5. The number of benzene rings is 2. The molecule has 0 unspecified atom stereocenters. The number of β-lactam (4-membered cyclic amide) rings is 1. The van der Waals surface area contributed by atoms with Gasteiger partial charge in [0.1, 0.15) is 17.9 Å². The molecule has 7 nitrogen and oxygen atoms in total. The quantitative estimate of drug-likeness (QED) is 0.644. The third kappa shape index (κ3) is 3.34. The van der Waals surface area contributed by atoms with Gasteiger partial charge in [-0.15, -0.1) is 0 Å². The highest BCUT2D eigenvalue weighted by Gasteiger charge is 2.68. The largest absolute Gasteiger partial charge is 0.359 e. The summed E-state index contributed by atoms with van der Waals surface area (Å²) in [7, 11) is -3.79. The molecule has 5 rings (SSSR count). The Morgan fingerprint density at radius 2 is 1.61 bits per heavy atom. The summed E-state index contributed by atoms with van der Waals surface area (Å²) < 4.78 is 35.1. The van der Waals surface area contributed by atoms with E-state index in [1.165, 1.54) is 4.31 Å². The van der Waals surface area contributed by atoms with Crippen LogP contribution in [0.2, 0.25) is 0 Å². The highest BCUT2D eigenvalue weighted by Crippen LogP contribution is 2.49. The van der Waals surface area contributed by atoms with Crippen molar-refractivity contribution in [3.63, 3.8) is 0 Å². The molecule has 33 heavy (non-hydrogen) atoms. The van der Waals surface area contributed by atoms with Gasteiger partial charge in [0.05, 0.1) is 23.1 Å². The molecule has 3 aliphatic rings. The summed E-state index contributed by atoms with van der Waals surface area (Å²) in [6.07, 6.45) is -0.578. The van der Waals surface area contributed by atoms with Crippen LogP contribution in [0, 0.1) is 6.92 Å². The molecule has 3 heterocycles. The SMILES string of the molecule is Cc1ccc(S(=O)(=O)N2CC(C)(C)N3C(=O)[C@@H](N4[C@@H](c5ccccc5)COC4(C)C)[C@@H]32)cc1. The molecule has 0 spiro atoms. The molecule has 0 saturated carbocycles. The second-order valence-electron chi connectivity index (χ2n) is 10.3. The van der Waals surface area contributed by atoms with Gasteiger partial charge in [-0.05, 0) is 52.3 Å². The summed E-state index contributed by atoms with van der Waals surface area (Å²) in [6.45, 7) is 10.4. The van der Waals surface area contributed by atoms with Crippen molar-refractivity contribution in [3.8, 4) is 0 Å². The molecule has 0 radical (unpaired) electrons. The number of fused-ring (bicyclic) bond motifs is 1. The van der Waals surface area contributed by atoms with Gasteiger partial charge >= 0.3 is 0 Å². The smallest absolute Gasteiger partial charge is 0.245 e. The summed E-state index contributed by atoms with van der Waals surface area (Å²) in [5, 5.41) is 0. The number of ether oxygens (including phenoxy) is 1. The Bertz CT molecular complexity index is 1180. The van der Waals surface area contributed by atoms with Gasteiger partial charge < -0.3 is 9.64 Å². The predicted octanol–water partition coefficient (Wildman–Crippen LogP) is 3.12. The molecule has 0 aliphatic carbocycles. The van der Waals surface area contributed by atoms with Crippen molar-refractivity contribution in [1.29, 1.82) is 0 Å². The lowest BCUT2D eigenvalue weighted by Crippen LogP contribution is -2.76. The lowest BCUT2D eigenvalue weighted by Gasteiger charge is -2.55. The Balaban J connectivity index is 1.56. The van der Waals surface area contributed by atoms with Crippen molar-refractivity contribution in [2.75, 3.05) is 13.2 Å². The summed E-state index contributed by atoms with van der Waals surface area (Å²) in [6, 6.07) is 16.1. The van der Waals surface area contributed by atoms with E-state index in [0.29, 0.717) is 6.61 Å². The van der Waals surface area contributed by atoms with E-state index in [1.807, 2.05) is 65.0 Å². The van der Waals surface area contributed by atoms with Crippen LogP contribution < -0.4 is 0 Å². The average molecular weight is 470 g/mol. The highest BCUT2D eigenvalue weighted by atomic mass is 32.2. The van der Waals surface area contributed by atoms with E-state index in [-0.39, 0.29) is 23.4 Å². The van der Waals surface area contributed by atoms with Gasteiger partial charge in [-0.2, -0.15) is 4.31 Å². The zero-order chi connectivity index (χ0) is 23.8. The van der Waals surface area contributed by atoms with E-state index in [1.54, 1.807) is 29.2 Å². The second-order valence-corrected chi connectivity index (χ2v) is 12.2. The molecule has 176 valence electrons. The van der Waals surface area contributed by atoms with Crippen LogP contribution in [0.4, 0.5) is 0 Å². The van der Waals surface area contributed by atoms with Crippen molar-refractivity contribution in [3.05, 3.63) is 65.7 Å². The standard InChI is InChI=1S/C25H31N3O4S/c1-17-11-13-19(14-12-17)33(30,31)26-16-24(2,3)28-22(26)21(23(28)29)27-20(15-32-25(27,4)5)18-9-7-6-8-10-18/h6-14,20-22H,15-16H2,1-5H3/t20-,21+,22-/m1/s1. The normalized spacial score (nSPS) is 29.2. The van der Waals surface area contributed by atoms with Crippen LogP contribution in [0.5, 0.6) is 0 Å². The maximum atomic E-state index is 13.7. The first-order valence-corrected chi connectivity index (χ1v) is 12.8. The molecular formula is C25H31N3O4S.